The summed E-state index contributed by atoms with van der Waals surface area (Å²) >= 11 is 6.12. The van der Waals surface area contributed by atoms with E-state index in [1.807, 2.05) is 43.3 Å². The fourth-order valence-electron chi connectivity index (χ4n) is 2.09. The smallest absolute Gasteiger partial charge is 0.166 e. The minimum absolute atomic E-state index is 0.0140. The number of nitrogens with two attached hydrogens (primary N) is 1. The molecule has 0 radical (unpaired) electrons. The van der Waals surface area contributed by atoms with Crippen molar-refractivity contribution in [3.63, 3.8) is 0 Å². The lowest BCUT2D eigenvalue weighted by molar-refractivity contribution is 0.0973. The van der Waals surface area contributed by atoms with Crippen LogP contribution in [0.15, 0.2) is 48.5 Å². The Balaban J connectivity index is 2.08. The molecule has 0 aliphatic rings. The molecule has 0 saturated carbocycles. The Morgan fingerprint density at radius 1 is 1.18 bits per heavy atom. The van der Waals surface area contributed by atoms with E-state index in [1.54, 1.807) is 12.1 Å². The Kier molecular flexibility index (Phi) is 5.99. The topological polar surface area (TPSA) is 52.3 Å². The molecule has 0 bridgehead atoms. The van der Waals surface area contributed by atoms with Gasteiger partial charge < -0.3 is 10.5 Å². The van der Waals surface area contributed by atoms with E-state index >= 15 is 0 Å². The van der Waals surface area contributed by atoms with Gasteiger partial charge in [-0.25, -0.2) is 0 Å². The van der Waals surface area contributed by atoms with Gasteiger partial charge in [-0.15, -0.1) is 0 Å². The monoisotopic (exact) mass is 317 g/mol. The van der Waals surface area contributed by atoms with Crippen molar-refractivity contribution in [2.24, 2.45) is 5.73 Å². The van der Waals surface area contributed by atoms with Crippen molar-refractivity contribution in [2.75, 3.05) is 0 Å². The number of benzene rings is 2. The molecule has 0 amide bonds. The second-order valence-corrected chi connectivity index (χ2v) is 5.72. The van der Waals surface area contributed by atoms with Crippen LogP contribution in [0.25, 0.3) is 0 Å². The van der Waals surface area contributed by atoms with E-state index in [0.29, 0.717) is 35.8 Å². The average Bonchev–Trinajstić information content (AvgIpc) is 2.52. The van der Waals surface area contributed by atoms with Crippen molar-refractivity contribution in [1.29, 1.82) is 0 Å². The van der Waals surface area contributed by atoms with Crippen LogP contribution in [-0.2, 0) is 6.61 Å². The van der Waals surface area contributed by atoms with Crippen LogP contribution in [0.1, 0.15) is 35.7 Å². The number of rotatable bonds is 7. The normalized spacial score (nSPS) is 12.0. The standard InChI is InChI=1S/C18H20ClNO2/c1-13(20)10-11-17(21)15-7-3-5-9-18(15)22-12-14-6-2-4-8-16(14)19/h2-9,13H,10-12,20H2,1H3. The zero-order valence-corrected chi connectivity index (χ0v) is 13.3. The lowest BCUT2D eigenvalue weighted by atomic mass is 10.0. The molecule has 0 saturated heterocycles. The molecule has 0 spiro atoms. The highest BCUT2D eigenvalue weighted by atomic mass is 35.5. The highest BCUT2D eigenvalue weighted by Crippen LogP contribution is 2.23. The van der Waals surface area contributed by atoms with E-state index < -0.39 is 0 Å². The van der Waals surface area contributed by atoms with Crippen LogP contribution in [0.3, 0.4) is 0 Å². The predicted molar refractivity (Wildman–Crippen MR) is 89.4 cm³/mol. The molecule has 3 nitrogen and oxygen atoms in total. The molecule has 0 aromatic heterocycles. The van der Waals surface area contributed by atoms with Gasteiger partial charge >= 0.3 is 0 Å². The summed E-state index contributed by atoms with van der Waals surface area (Å²) in [6, 6.07) is 14.8. The summed E-state index contributed by atoms with van der Waals surface area (Å²) in [5.41, 5.74) is 7.19. The fourth-order valence-corrected chi connectivity index (χ4v) is 2.28. The van der Waals surface area contributed by atoms with Gasteiger partial charge in [0.25, 0.3) is 0 Å². The summed E-state index contributed by atoms with van der Waals surface area (Å²) in [5.74, 6) is 0.629. The Bertz CT molecular complexity index is 640. The van der Waals surface area contributed by atoms with Gasteiger partial charge in [-0.3, -0.25) is 4.79 Å². The SMILES string of the molecule is CC(N)CCC(=O)c1ccccc1OCc1ccccc1Cl. The number of hydrogen-bond donors (Lipinski definition) is 1. The summed E-state index contributed by atoms with van der Waals surface area (Å²) in [5, 5.41) is 0.656. The molecule has 4 heteroatoms. The quantitative estimate of drug-likeness (QED) is 0.777. The van der Waals surface area contributed by atoms with Crippen molar-refractivity contribution in [1.82, 2.24) is 0 Å². The summed E-state index contributed by atoms with van der Waals surface area (Å²) in [4.78, 5) is 12.3. The Morgan fingerprint density at radius 3 is 2.59 bits per heavy atom. The van der Waals surface area contributed by atoms with Crippen molar-refractivity contribution < 1.29 is 9.53 Å². The van der Waals surface area contributed by atoms with Crippen LogP contribution < -0.4 is 10.5 Å². The highest BCUT2D eigenvalue weighted by Gasteiger charge is 2.13. The molecule has 2 aromatic carbocycles. The Labute approximate surface area is 136 Å². The van der Waals surface area contributed by atoms with E-state index in [0.717, 1.165) is 5.56 Å². The predicted octanol–water partition coefficient (Wildman–Crippen LogP) is 4.23. The van der Waals surface area contributed by atoms with Crippen molar-refractivity contribution >= 4 is 17.4 Å². The van der Waals surface area contributed by atoms with Crippen molar-refractivity contribution in [3.8, 4) is 5.75 Å². The lowest BCUT2D eigenvalue weighted by Gasteiger charge is -2.12. The molecule has 1 atom stereocenters. The van der Waals surface area contributed by atoms with Crippen molar-refractivity contribution in [2.45, 2.75) is 32.4 Å². The number of para-hydroxylation sites is 1. The van der Waals surface area contributed by atoms with Crippen LogP contribution in [-0.4, -0.2) is 11.8 Å². The number of Topliss-reactive ketones (excluding diaryl/α,β-unsaturated/α-hetero) is 1. The van der Waals surface area contributed by atoms with Gasteiger partial charge in [-0.1, -0.05) is 41.9 Å². The number of ketones is 1. The molecule has 0 aliphatic heterocycles. The van der Waals surface area contributed by atoms with Gasteiger partial charge in [0, 0.05) is 23.0 Å². The third-order valence-electron chi connectivity index (χ3n) is 3.36. The first-order chi connectivity index (χ1) is 10.6. The van der Waals surface area contributed by atoms with Gasteiger partial charge in [0.2, 0.25) is 0 Å². The molecule has 116 valence electrons. The number of ether oxygens (including phenoxy) is 1. The van der Waals surface area contributed by atoms with Gasteiger partial charge in [0.15, 0.2) is 5.78 Å². The van der Waals surface area contributed by atoms with Crippen molar-refractivity contribution in [3.05, 3.63) is 64.7 Å². The molecule has 0 fully saturated rings. The highest BCUT2D eigenvalue weighted by molar-refractivity contribution is 6.31. The van der Waals surface area contributed by atoms with Gasteiger partial charge in [0.1, 0.15) is 12.4 Å². The van der Waals surface area contributed by atoms with E-state index in [9.17, 15) is 4.79 Å². The molecular formula is C18H20ClNO2. The zero-order valence-electron chi connectivity index (χ0n) is 12.6. The minimum Gasteiger partial charge on any atom is -0.488 e. The van der Waals surface area contributed by atoms with Crippen LogP contribution in [0, 0.1) is 0 Å². The third kappa shape index (κ3) is 4.58. The van der Waals surface area contributed by atoms with Crippen LogP contribution in [0.4, 0.5) is 0 Å². The first-order valence-corrected chi connectivity index (χ1v) is 7.69. The van der Waals surface area contributed by atoms with Crippen LogP contribution in [0.2, 0.25) is 5.02 Å². The van der Waals surface area contributed by atoms with E-state index in [-0.39, 0.29) is 11.8 Å². The summed E-state index contributed by atoms with van der Waals surface area (Å²) in [6.07, 6.45) is 1.09. The fraction of sp³-hybridized carbons (Fsp3) is 0.278. The average molecular weight is 318 g/mol. The van der Waals surface area contributed by atoms with Gasteiger partial charge in [-0.05, 0) is 31.5 Å². The molecule has 2 rings (SSSR count). The molecule has 22 heavy (non-hydrogen) atoms. The van der Waals surface area contributed by atoms with Crippen LogP contribution in [0.5, 0.6) is 5.75 Å². The van der Waals surface area contributed by atoms with E-state index in [1.165, 1.54) is 0 Å². The molecular weight excluding hydrogens is 298 g/mol. The third-order valence-corrected chi connectivity index (χ3v) is 3.72. The summed E-state index contributed by atoms with van der Waals surface area (Å²) < 4.78 is 5.80. The molecule has 0 aliphatic carbocycles. The number of halogens is 1. The van der Waals surface area contributed by atoms with Gasteiger partial charge in [0.05, 0.1) is 5.56 Å². The maximum absolute atomic E-state index is 12.3. The molecule has 2 N–H and O–H groups in total. The van der Waals surface area contributed by atoms with E-state index in [4.69, 9.17) is 22.1 Å². The maximum Gasteiger partial charge on any atom is 0.166 e. The molecule has 2 aromatic rings. The number of hydrogen-bond acceptors (Lipinski definition) is 3. The number of carbonyl (C=O) groups is 1. The van der Waals surface area contributed by atoms with Gasteiger partial charge in [-0.2, -0.15) is 0 Å². The Morgan fingerprint density at radius 2 is 1.86 bits per heavy atom. The lowest BCUT2D eigenvalue weighted by Crippen LogP contribution is -2.16. The Hall–Kier alpha value is -1.84. The minimum atomic E-state index is 0.0140. The summed E-state index contributed by atoms with van der Waals surface area (Å²) in [7, 11) is 0. The number of carbonyl (C=O) groups excluding carboxylic acids is 1. The first kappa shape index (κ1) is 16.5. The first-order valence-electron chi connectivity index (χ1n) is 7.32. The second-order valence-electron chi connectivity index (χ2n) is 5.32. The second kappa shape index (κ2) is 7.97. The van der Waals surface area contributed by atoms with E-state index in [2.05, 4.69) is 0 Å². The zero-order chi connectivity index (χ0) is 15.9. The maximum atomic E-state index is 12.3. The molecule has 0 heterocycles. The molecule has 1 unspecified atom stereocenters. The van der Waals surface area contributed by atoms with Crippen LogP contribution >= 0.6 is 11.6 Å². The largest absolute Gasteiger partial charge is 0.488 e. The summed E-state index contributed by atoms with van der Waals surface area (Å²) in [6.45, 7) is 2.23.